The van der Waals surface area contributed by atoms with Gasteiger partial charge in [0.25, 0.3) is 0 Å². The molecule has 0 radical (unpaired) electrons. The third-order valence-corrected chi connectivity index (χ3v) is 4.87. The predicted molar refractivity (Wildman–Crippen MR) is 103 cm³/mol. The Labute approximate surface area is 150 Å². The van der Waals surface area contributed by atoms with Gasteiger partial charge in [0.15, 0.2) is 0 Å². The molecule has 0 amide bonds. The summed E-state index contributed by atoms with van der Waals surface area (Å²) in [5.41, 5.74) is 3.51. The summed E-state index contributed by atoms with van der Waals surface area (Å²) in [5, 5.41) is 10.3. The van der Waals surface area contributed by atoms with E-state index in [4.69, 9.17) is 0 Å². The lowest BCUT2D eigenvalue weighted by atomic mass is 9.99. The summed E-state index contributed by atoms with van der Waals surface area (Å²) in [5.74, 6) is 0.355. The first-order valence-electron chi connectivity index (χ1n) is 8.79. The second-order valence-electron chi connectivity index (χ2n) is 6.48. The van der Waals surface area contributed by atoms with Gasteiger partial charge in [-0.25, -0.2) is 0 Å². The molecule has 0 aliphatic carbocycles. The van der Waals surface area contributed by atoms with E-state index in [0.29, 0.717) is 5.75 Å². The van der Waals surface area contributed by atoms with Gasteiger partial charge in [-0.2, -0.15) is 0 Å². The summed E-state index contributed by atoms with van der Waals surface area (Å²) in [7, 11) is 0. The average Bonchev–Trinajstić information content (AvgIpc) is 2.67. The molecular formula is C23H25NO. The quantitative estimate of drug-likeness (QED) is 0.625. The zero-order chi connectivity index (χ0) is 17.6. The molecule has 0 bridgehead atoms. The van der Waals surface area contributed by atoms with Crippen LogP contribution in [0.3, 0.4) is 0 Å². The largest absolute Gasteiger partial charge is 0.508 e. The van der Waals surface area contributed by atoms with Crippen LogP contribution in [0, 0.1) is 0 Å². The van der Waals surface area contributed by atoms with E-state index in [1.165, 1.54) is 11.1 Å². The summed E-state index contributed by atoms with van der Waals surface area (Å²) in [6, 6.07) is 29.0. The molecule has 2 nitrogen and oxygen atoms in total. The number of hydrogen-bond acceptors (Lipinski definition) is 2. The van der Waals surface area contributed by atoms with Crippen molar-refractivity contribution >= 4 is 0 Å². The second kappa shape index (κ2) is 8.00. The summed E-state index contributed by atoms with van der Waals surface area (Å²) >= 11 is 0. The highest BCUT2D eigenvalue weighted by atomic mass is 16.3. The number of nitrogens with zero attached hydrogens (tertiary/aromatic N) is 1. The lowest BCUT2D eigenvalue weighted by Gasteiger charge is -2.35. The van der Waals surface area contributed by atoms with Crippen LogP contribution in [0.5, 0.6) is 5.75 Å². The standard InChI is InChI=1S/C23H25NO/c1-18(21-13-7-4-8-14-21)24(17-20-11-5-3-6-12-20)19(2)22-15-9-10-16-23(22)25/h3-16,18-19,25H,17H2,1-2H3/t18-,19-/m1/s1. The topological polar surface area (TPSA) is 23.5 Å². The molecule has 3 aromatic carbocycles. The molecule has 0 aromatic heterocycles. The van der Waals surface area contributed by atoms with E-state index in [1.807, 2.05) is 30.3 Å². The van der Waals surface area contributed by atoms with Crippen LogP contribution in [0.25, 0.3) is 0 Å². The van der Waals surface area contributed by atoms with Crippen molar-refractivity contribution in [2.45, 2.75) is 32.5 Å². The fourth-order valence-corrected chi connectivity index (χ4v) is 3.35. The molecule has 25 heavy (non-hydrogen) atoms. The van der Waals surface area contributed by atoms with Gasteiger partial charge in [-0.05, 0) is 31.0 Å². The van der Waals surface area contributed by atoms with Crippen LogP contribution in [-0.4, -0.2) is 10.0 Å². The Balaban J connectivity index is 1.95. The Morgan fingerprint density at radius 3 is 1.92 bits per heavy atom. The van der Waals surface area contributed by atoms with Crippen molar-refractivity contribution < 1.29 is 5.11 Å². The lowest BCUT2D eigenvalue weighted by Crippen LogP contribution is -2.29. The van der Waals surface area contributed by atoms with Crippen molar-refractivity contribution in [3.05, 3.63) is 102 Å². The van der Waals surface area contributed by atoms with Gasteiger partial charge in [0.05, 0.1) is 0 Å². The van der Waals surface area contributed by atoms with Crippen molar-refractivity contribution in [3.63, 3.8) is 0 Å². The normalized spacial score (nSPS) is 13.6. The van der Waals surface area contributed by atoms with Crippen molar-refractivity contribution in [1.29, 1.82) is 0 Å². The Morgan fingerprint density at radius 1 is 0.720 bits per heavy atom. The van der Waals surface area contributed by atoms with Crippen molar-refractivity contribution in [2.75, 3.05) is 0 Å². The maximum atomic E-state index is 10.3. The molecule has 3 rings (SSSR count). The second-order valence-corrected chi connectivity index (χ2v) is 6.48. The van der Waals surface area contributed by atoms with E-state index in [1.54, 1.807) is 6.07 Å². The van der Waals surface area contributed by atoms with Crippen LogP contribution in [0.1, 0.15) is 42.6 Å². The maximum Gasteiger partial charge on any atom is 0.120 e. The zero-order valence-corrected chi connectivity index (χ0v) is 14.8. The van der Waals surface area contributed by atoms with Crippen LogP contribution < -0.4 is 0 Å². The monoisotopic (exact) mass is 331 g/mol. The SMILES string of the molecule is C[C@H](c1ccccc1)N(Cc1ccccc1)[C@H](C)c1ccccc1O. The number of aromatic hydroxyl groups is 1. The van der Waals surface area contributed by atoms with Gasteiger partial charge in [-0.1, -0.05) is 78.9 Å². The van der Waals surface area contributed by atoms with Gasteiger partial charge in [0.2, 0.25) is 0 Å². The molecule has 2 heteroatoms. The van der Waals surface area contributed by atoms with E-state index >= 15 is 0 Å². The predicted octanol–water partition coefficient (Wildman–Crippen LogP) is 5.72. The minimum atomic E-state index is 0.0941. The van der Waals surface area contributed by atoms with Gasteiger partial charge in [-0.15, -0.1) is 0 Å². The van der Waals surface area contributed by atoms with E-state index in [-0.39, 0.29) is 12.1 Å². The van der Waals surface area contributed by atoms with E-state index < -0.39 is 0 Å². The molecule has 0 saturated carbocycles. The summed E-state index contributed by atoms with van der Waals surface area (Å²) in [6.45, 7) is 5.22. The van der Waals surface area contributed by atoms with Crippen LogP contribution in [0.15, 0.2) is 84.9 Å². The first-order chi connectivity index (χ1) is 12.2. The third kappa shape index (κ3) is 4.09. The number of benzene rings is 3. The molecule has 3 aromatic rings. The van der Waals surface area contributed by atoms with Gasteiger partial charge >= 0.3 is 0 Å². The van der Waals surface area contributed by atoms with E-state index in [2.05, 4.69) is 67.3 Å². The summed E-state index contributed by atoms with van der Waals surface area (Å²) in [4.78, 5) is 2.43. The van der Waals surface area contributed by atoms with Gasteiger partial charge < -0.3 is 5.11 Å². The van der Waals surface area contributed by atoms with Crippen LogP contribution in [0.2, 0.25) is 0 Å². The zero-order valence-electron chi connectivity index (χ0n) is 14.8. The molecule has 0 saturated heterocycles. The van der Waals surface area contributed by atoms with E-state index in [0.717, 1.165) is 12.1 Å². The minimum Gasteiger partial charge on any atom is -0.508 e. The molecule has 2 atom stereocenters. The number of phenolic OH excluding ortho intramolecular Hbond substituents is 1. The minimum absolute atomic E-state index is 0.0941. The molecule has 0 aliphatic heterocycles. The molecule has 0 spiro atoms. The maximum absolute atomic E-state index is 10.3. The molecule has 0 fully saturated rings. The molecule has 0 aliphatic rings. The fraction of sp³-hybridized carbons (Fsp3) is 0.217. The Morgan fingerprint density at radius 2 is 1.28 bits per heavy atom. The van der Waals surface area contributed by atoms with Crippen LogP contribution in [-0.2, 0) is 6.54 Å². The highest BCUT2D eigenvalue weighted by Crippen LogP contribution is 2.35. The Bertz CT molecular complexity index is 785. The van der Waals surface area contributed by atoms with Crippen molar-refractivity contribution in [3.8, 4) is 5.75 Å². The van der Waals surface area contributed by atoms with Crippen molar-refractivity contribution in [1.82, 2.24) is 4.90 Å². The Kier molecular flexibility index (Phi) is 5.52. The average molecular weight is 331 g/mol. The fourth-order valence-electron chi connectivity index (χ4n) is 3.35. The number of para-hydroxylation sites is 1. The third-order valence-electron chi connectivity index (χ3n) is 4.87. The highest BCUT2D eigenvalue weighted by molar-refractivity contribution is 5.35. The molecule has 1 N–H and O–H groups in total. The van der Waals surface area contributed by atoms with E-state index in [9.17, 15) is 5.11 Å². The van der Waals surface area contributed by atoms with Gasteiger partial charge in [0, 0.05) is 24.2 Å². The number of rotatable bonds is 6. The Hall–Kier alpha value is -2.58. The number of hydrogen-bond donors (Lipinski definition) is 1. The lowest BCUT2D eigenvalue weighted by molar-refractivity contribution is 0.142. The molecule has 128 valence electrons. The molecule has 0 unspecified atom stereocenters. The molecular weight excluding hydrogens is 306 g/mol. The first kappa shape index (κ1) is 17.2. The van der Waals surface area contributed by atoms with Crippen molar-refractivity contribution in [2.24, 2.45) is 0 Å². The van der Waals surface area contributed by atoms with Crippen LogP contribution >= 0.6 is 0 Å². The highest BCUT2D eigenvalue weighted by Gasteiger charge is 2.24. The molecule has 0 heterocycles. The van der Waals surface area contributed by atoms with Crippen LogP contribution in [0.4, 0.5) is 0 Å². The first-order valence-corrected chi connectivity index (χ1v) is 8.79. The summed E-state index contributed by atoms with van der Waals surface area (Å²) < 4.78 is 0. The van der Waals surface area contributed by atoms with Gasteiger partial charge in [0.1, 0.15) is 5.75 Å². The van der Waals surface area contributed by atoms with Gasteiger partial charge in [-0.3, -0.25) is 4.90 Å². The number of phenols is 1. The summed E-state index contributed by atoms with van der Waals surface area (Å²) in [6.07, 6.45) is 0. The smallest absolute Gasteiger partial charge is 0.120 e.